The minimum Gasteiger partial charge on any atom is -0.488 e. The second-order valence-electron chi connectivity index (χ2n) is 5.78. The number of halogens is 3. The van der Waals surface area contributed by atoms with Crippen LogP contribution in [0, 0.1) is 0 Å². The van der Waals surface area contributed by atoms with Crippen LogP contribution in [0.4, 0.5) is 0 Å². The third-order valence-electron chi connectivity index (χ3n) is 3.77. The van der Waals surface area contributed by atoms with Crippen LogP contribution in [0.5, 0.6) is 5.75 Å². The molecule has 0 fully saturated rings. The smallest absolute Gasteiger partial charge is 0.271 e. The van der Waals surface area contributed by atoms with Gasteiger partial charge in [0.25, 0.3) is 5.91 Å². The molecule has 0 radical (unpaired) electrons. The van der Waals surface area contributed by atoms with Gasteiger partial charge in [-0.15, -0.1) is 0 Å². The number of ether oxygens (including phenoxy) is 1. The third kappa shape index (κ3) is 5.58. The fraction of sp³-hybridized carbons (Fsp3) is 0.0476. The zero-order valence-corrected chi connectivity index (χ0v) is 17.6. The molecule has 0 aliphatic rings. The van der Waals surface area contributed by atoms with Crippen molar-refractivity contribution in [2.24, 2.45) is 5.10 Å². The molecular formula is C21H15BrCl2N2O2. The molecule has 0 saturated carbocycles. The Hall–Kier alpha value is -2.34. The zero-order chi connectivity index (χ0) is 19.9. The molecule has 0 saturated heterocycles. The highest BCUT2D eigenvalue weighted by Crippen LogP contribution is 2.28. The summed E-state index contributed by atoms with van der Waals surface area (Å²) in [5.74, 6) is 0.396. The lowest BCUT2D eigenvalue weighted by Crippen LogP contribution is -2.17. The van der Waals surface area contributed by atoms with E-state index in [1.165, 1.54) is 0 Å². The lowest BCUT2D eigenvalue weighted by Gasteiger charge is -2.10. The quantitative estimate of drug-likeness (QED) is 0.344. The van der Waals surface area contributed by atoms with Gasteiger partial charge in [-0.1, -0.05) is 47.5 Å². The molecule has 0 atom stereocenters. The number of nitrogens with one attached hydrogen (secondary N) is 1. The van der Waals surface area contributed by atoms with Crippen LogP contribution in [0.2, 0.25) is 10.0 Å². The van der Waals surface area contributed by atoms with Crippen LogP contribution in [0.1, 0.15) is 21.5 Å². The van der Waals surface area contributed by atoms with E-state index in [9.17, 15) is 4.79 Å². The molecule has 3 rings (SSSR count). The molecule has 3 aromatic rings. The molecule has 1 N–H and O–H groups in total. The molecule has 0 heterocycles. The average Bonchev–Trinajstić information content (AvgIpc) is 2.69. The van der Waals surface area contributed by atoms with Crippen molar-refractivity contribution in [1.29, 1.82) is 0 Å². The summed E-state index contributed by atoms with van der Waals surface area (Å²) in [7, 11) is 0. The van der Waals surface area contributed by atoms with Gasteiger partial charge in [-0.3, -0.25) is 4.79 Å². The Morgan fingerprint density at radius 2 is 1.86 bits per heavy atom. The van der Waals surface area contributed by atoms with E-state index in [1.807, 2.05) is 30.3 Å². The first-order valence-corrected chi connectivity index (χ1v) is 9.82. The molecule has 0 aromatic heterocycles. The Bertz CT molecular complexity index is 1010. The summed E-state index contributed by atoms with van der Waals surface area (Å²) in [6.45, 7) is 0.315. The van der Waals surface area contributed by atoms with Crippen molar-refractivity contribution in [3.63, 3.8) is 0 Å². The topological polar surface area (TPSA) is 50.7 Å². The Kier molecular flexibility index (Phi) is 7.09. The molecule has 142 valence electrons. The maximum Gasteiger partial charge on any atom is 0.271 e. The van der Waals surface area contributed by atoms with E-state index in [0.717, 1.165) is 15.6 Å². The van der Waals surface area contributed by atoms with Gasteiger partial charge in [-0.2, -0.15) is 5.10 Å². The number of carbonyl (C=O) groups excluding carboxylic acids is 1. The lowest BCUT2D eigenvalue weighted by atomic mass is 10.2. The van der Waals surface area contributed by atoms with E-state index in [1.54, 1.807) is 42.6 Å². The van der Waals surface area contributed by atoms with Gasteiger partial charge in [-0.05, 0) is 64.0 Å². The van der Waals surface area contributed by atoms with Crippen molar-refractivity contribution in [2.75, 3.05) is 0 Å². The number of rotatable bonds is 6. The molecule has 0 spiro atoms. The Morgan fingerprint density at radius 1 is 1.07 bits per heavy atom. The van der Waals surface area contributed by atoms with Crippen LogP contribution in [-0.2, 0) is 6.61 Å². The van der Waals surface area contributed by atoms with Crippen molar-refractivity contribution in [1.82, 2.24) is 5.43 Å². The van der Waals surface area contributed by atoms with Crippen molar-refractivity contribution in [3.8, 4) is 5.75 Å². The highest BCUT2D eigenvalue weighted by atomic mass is 79.9. The second-order valence-corrected chi connectivity index (χ2v) is 7.48. The average molecular weight is 478 g/mol. The largest absolute Gasteiger partial charge is 0.488 e. The van der Waals surface area contributed by atoms with Gasteiger partial charge >= 0.3 is 0 Å². The van der Waals surface area contributed by atoms with Gasteiger partial charge in [0.1, 0.15) is 12.4 Å². The highest BCUT2D eigenvalue weighted by molar-refractivity contribution is 9.10. The van der Waals surface area contributed by atoms with Gasteiger partial charge in [-0.25, -0.2) is 5.43 Å². The summed E-state index contributed by atoms with van der Waals surface area (Å²) >= 11 is 15.5. The minimum atomic E-state index is -0.268. The van der Waals surface area contributed by atoms with Crippen LogP contribution < -0.4 is 10.2 Å². The maximum atomic E-state index is 12.0. The zero-order valence-electron chi connectivity index (χ0n) is 14.5. The number of hydrogen-bond acceptors (Lipinski definition) is 3. The molecule has 7 heteroatoms. The van der Waals surface area contributed by atoms with Crippen LogP contribution in [0.3, 0.4) is 0 Å². The molecule has 0 unspecified atom stereocenters. The monoisotopic (exact) mass is 476 g/mol. The second kappa shape index (κ2) is 9.73. The molecule has 0 aliphatic carbocycles. The maximum absolute atomic E-state index is 12.0. The third-order valence-corrected chi connectivity index (χ3v) is 4.98. The molecule has 0 bridgehead atoms. The minimum absolute atomic E-state index is 0.268. The van der Waals surface area contributed by atoms with E-state index in [4.69, 9.17) is 27.9 Å². The van der Waals surface area contributed by atoms with Gasteiger partial charge in [0.2, 0.25) is 0 Å². The SMILES string of the molecule is O=C(N/N=C\c1ccc(OCc2ccc(Cl)cc2Cl)c(Br)c1)c1ccccc1. The fourth-order valence-corrected chi connectivity index (χ4v) is 3.30. The Balaban J connectivity index is 1.59. The van der Waals surface area contributed by atoms with Gasteiger partial charge in [0.05, 0.1) is 10.7 Å². The molecule has 0 aliphatic heterocycles. The van der Waals surface area contributed by atoms with E-state index < -0.39 is 0 Å². The van der Waals surface area contributed by atoms with Crippen LogP contribution >= 0.6 is 39.1 Å². The Morgan fingerprint density at radius 3 is 2.57 bits per heavy atom. The number of benzene rings is 3. The summed E-state index contributed by atoms with van der Waals surface area (Å²) in [6, 6.07) is 19.7. The normalized spacial score (nSPS) is 10.8. The van der Waals surface area contributed by atoms with Gasteiger partial charge in [0.15, 0.2) is 0 Å². The molecule has 3 aromatic carbocycles. The van der Waals surface area contributed by atoms with Crippen molar-refractivity contribution < 1.29 is 9.53 Å². The van der Waals surface area contributed by atoms with Crippen LogP contribution in [0.25, 0.3) is 0 Å². The van der Waals surface area contributed by atoms with Crippen LogP contribution in [0.15, 0.2) is 76.3 Å². The summed E-state index contributed by atoms with van der Waals surface area (Å²) in [6.07, 6.45) is 1.56. The Labute approximate surface area is 181 Å². The van der Waals surface area contributed by atoms with Crippen molar-refractivity contribution in [3.05, 3.63) is 97.9 Å². The number of hydrogen-bond donors (Lipinski definition) is 1. The first-order chi connectivity index (χ1) is 13.5. The van der Waals surface area contributed by atoms with Crippen molar-refractivity contribution in [2.45, 2.75) is 6.61 Å². The number of amides is 1. The van der Waals surface area contributed by atoms with E-state index in [2.05, 4.69) is 26.5 Å². The fourth-order valence-electron chi connectivity index (χ4n) is 2.33. The molecular weight excluding hydrogens is 463 g/mol. The van der Waals surface area contributed by atoms with E-state index in [-0.39, 0.29) is 5.91 Å². The van der Waals surface area contributed by atoms with Gasteiger partial charge in [0, 0.05) is 21.2 Å². The first kappa shape index (κ1) is 20.4. The standard InChI is InChI=1S/C21H15BrCl2N2O2/c22-18-10-14(12-25-26-21(27)15-4-2-1-3-5-15)6-9-20(18)28-13-16-7-8-17(23)11-19(16)24/h1-12H,13H2,(H,26,27)/b25-12-. The van der Waals surface area contributed by atoms with E-state index >= 15 is 0 Å². The predicted molar refractivity (Wildman–Crippen MR) is 116 cm³/mol. The number of hydrazone groups is 1. The molecule has 1 amide bonds. The number of carbonyl (C=O) groups is 1. The predicted octanol–water partition coefficient (Wildman–Crippen LogP) is 6.10. The summed E-state index contributed by atoms with van der Waals surface area (Å²) < 4.78 is 6.57. The summed E-state index contributed by atoms with van der Waals surface area (Å²) in [5.41, 5.74) is 4.69. The highest BCUT2D eigenvalue weighted by Gasteiger charge is 2.06. The molecule has 28 heavy (non-hydrogen) atoms. The number of nitrogens with zero attached hydrogens (tertiary/aromatic N) is 1. The van der Waals surface area contributed by atoms with Crippen molar-refractivity contribution >= 4 is 51.3 Å². The molecule has 4 nitrogen and oxygen atoms in total. The summed E-state index contributed by atoms with van der Waals surface area (Å²) in [5, 5.41) is 5.12. The van der Waals surface area contributed by atoms with Crippen LogP contribution in [-0.4, -0.2) is 12.1 Å². The van der Waals surface area contributed by atoms with E-state index in [0.29, 0.717) is 28.0 Å². The summed E-state index contributed by atoms with van der Waals surface area (Å²) in [4.78, 5) is 12.0. The van der Waals surface area contributed by atoms with Gasteiger partial charge < -0.3 is 4.74 Å². The first-order valence-electron chi connectivity index (χ1n) is 8.27. The lowest BCUT2D eigenvalue weighted by molar-refractivity contribution is 0.0955.